The van der Waals surface area contributed by atoms with E-state index in [4.69, 9.17) is 4.74 Å². The highest BCUT2D eigenvalue weighted by Gasteiger charge is 2.44. The van der Waals surface area contributed by atoms with Crippen molar-refractivity contribution in [3.8, 4) is 5.75 Å². The van der Waals surface area contributed by atoms with Crippen molar-refractivity contribution in [2.24, 2.45) is 5.41 Å². The fraction of sp³-hybridized carbons (Fsp3) is 0.500. The number of carbonyl (C=O) groups is 2. The second kappa shape index (κ2) is 5.76. The van der Waals surface area contributed by atoms with Crippen molar-refractivity contribution in [1.29, 1.82) is 0 Å². The van der Waals surface area contributed by atoms with E-state index in [2.05, 4.69) is 5.32 Å². The molecule has 0 aliphatic heterocycles. The lowest BCUT2D eigenvalue weighted by molar-refractivity contribution is -0.150. The zero-order chi connectivity index (χ0) is 16.4. The van der Waals surface area contributed by atoms with E-state index in [-0.39, 0.29) is 5.91 Å². The van der Waals surface area contributed by atoms with E-state index >= 15 is 0 Å². The molecule has 0 saturated heterocycles. The van der Waals surface area contributed by atoms with Crippen molar-refractivity contribution in [3.05, 3.63) is 29.3 Å². The number of methoxy groups -OCH3 is 1. The van der Waals surface area contributed by atoms with Gasteiger partial charge in [-0.2, -0.15) is 0 Å². The maximum Gasteiger partial charge on any atom is 0.311 e. The third kappa shape index (κ3) is 3.35. The van der Waals surface area contributed by atoms with Crippen LogP contribution in [0.5, 0.6) is 5.75 Å². The van der Waals surface area contributed by atoms with Gasteiger partial charge in [0, 0.05) is 5.56 Å². The van der Waals surface area contributed by atoms with Gasteiger partial charge in [0.25, 0.3) is 5.91 Å². The fourth-order valence-corrected chi connectivity index (χ4v) is 1.74. The van der Waals surface area contributed by atoms with Crippen molar-refractivity contribution in [3.63, 3.8) is 0 Å². The molecule has 0 saturated carbocycles. The molecule has 2 N–H and O–H groups in total. The van der Waals surface area contributed by atoms with Crippen LogP contribution in [-0.4, -0.2) is 29.6 Å². The van der Waals surface area contributed by atoms with E-state index in [0.29, 0.717) is 11.3 Å². The first-order valence-corrected chi connectivity index (χ1v) is 6.73. The number of carboxylic acids is 1. The summed E-state index contributed by atoms with van der Waals surface area (Å²) in [6.45, 7) is 8.46. The molecule has 0 aliphatic carbocycles. The van der Waals surface area contributed by atoms with Crippen LogP contribution in [-0.2, 0) is 4.79 Å². The molecule has 0 fully saturated rings. The predicted molar refractivity (Wildman–Crippen MR) is 80.7 cm³/mol. The lowest BCUT2D eigenvalue weighted by atomic mass is 9.74. The van der Waals surface area contributed by atoms with Crippen LogP contribution < -0.4 is 10.1 Å². The Morgan fingerprint density at radius 3 is 2.24 bits per heavy atom. The minimum atomic E-state index is -1.10. The molecule has 5 nitrogen and oxygen atoms in total. The molecule has 0 aromatic heterocycles. The highest BCUT2D eigenvalue weighted by molar-refractivity contribution is 5.95. The minimum Gasteiger partial charge on any atom is -0.496 e. The maximum absolute atomic E-state index is 12.3. The summed E-state index contributed by atoms with van der Waals surface area (Å²) < 4.78 is 5.20. The zero-order valence-electron chi connectivity index (χ0n) is 13.4. The lowest BCUT2D eigenvalue weighted by Gasteiger charge is -2.38. The Balaban J connectivity index is 3.03. The number of aryl methyl sites for hydroxylation is 1. The number of rotatable bonds is 5. The summed E-state index contributed by atoms with van der Waals surface area (Å²) in [5, 5.41) is 12.1. The van der Waals surface area contributed by atoms with Crippen LogP contribution in [0.25, 0.3) is 0 Å². The average molecular weight is 293 g/mol. The average Bonchev–Trinajstić information content (AvgIpc) is 2.38. The summed E-state index contributed by atoms with van der Waals surface area (Å²) in [7, 11) is 1.54. The quantitative estimate of drug-likeness (QED) is 0.875. The molecule has 1 amide bonds. The van der Waals surface area contributed by atoms with Gasteiger partial charge in [0.1, 0.15) is 5.75 Å². The van der Waals surface area contributed by atoms with Gasteiger partial charge in [0.05, 0.1) is 18.1 Å². The number of hydrogen-bond donors (Lipinski definition) is 2. The monoisotopic (exact) mass is 293 g/mol. The number of benzene rings is 1. The Bertz CT molecular complexity index is 561. The van der Waals surface area contributed by atoms with Crippen molar-refractivity contribution in [2.75, 3.05) is 7.11 Å². The highest BCUT2D eigenvalue weighted by Crippen LogP contribution is 2.31. The molecule has 1 aromatic carbocycles. The van der Waals surface area contributed by atoms with Gasteiger partial charge in [-0.3, -0.25) is 9.59 Å². The first-order chi connectivity index (χ1) is 9.52. The van der Waals surface area contributed by atoms with Gasteiger partial charge in [0.2, 0.25) is 0 Å². The summed E-state index contributed by atoms with van der Waals surface area (Å²) in [5.74, 6) is -0.667. The third-order valence-corrected chi connectivity index (χ3v) is 4.19. The fourth-order valence-electron chi connectivity index (χ4n) is 1.74. The molecule has 0 atom stereocenters. The maximum atomic E-state index is 12.3. The molecule has 0 heterocycles. The standard InChI is InChI=1S/C16H23NO4/c1-10-7-8-11(9-12(10)21-6)13(18)17-16(4,5)15(2,3)14(19)20/h7-9H,1-6H3,(H,17,18)(H,19,20). The number of aliphatic carboxylic acids is 1. The number of nitrogens with one attached hydrogen (secondary N) is 1. The molecule has 0 aliphatic rings. The predicted octanol–water partition coefficient (Wildman–Crippen LogP) is 2.62. The van der Waals surface area contributed by atoms with Gasteiger partial charge in [-0.05, 0) is 52.3 Å². The zero-order valence-corrected chi connectivity index (χ0v) is 13.4. The molecule has 1 aromatic rings. The molecule has 0 spiro atoms. The van der Waals surface area contributed by atoms with E-state index in [1.165, 1.54) is 0 Å². The van der Waals surface area contributed by atoms with Crippen molar-refractivity contribution in [2.45, 2.75) is 40.2 Å². The van der Waals surface area contributed by atoms with E-state index in [1.807, 2.05) is 6.92 Å². The van der Waals surface area contributed by atoms with Crippen LogP contribution in [0.15, 0.2) is 18.2 Å². The Kier molecular flexibility index (Phi) is 4.66. The molecule has 1 rings (SSSR count). The smallest absolute Gasteiger partial charge is 0.311 e. The summed E-state index contributed by atoms with van der Waals surface area (Å²) >= 11 is 0. The van der Waals surface area contributed by atoms with Crippen LogP contribution in [0.4, 0.5) is 0 Å². The van der Waals surface area contributed by atoms with Crippen molar-refractivity contribution in [1.82, 2.24) is 5.32 Å². The molecular formula is C16H23NO4. The highest BCUT2D eigenvalue weighted by atomic mass is 16.5. The number of amides is 1. The molecule has 0 radical (unpaired) electrons. The SMILES string of the molecule is COc1cc(C(=O)NC(C)(C)C(C)(C)C(=O)O)ccc1C. The molecular weight excluding hydrogens is 270 g/mol. The first-order valence-electron chi connectivity index (χ1n) is 6.73. The van der Waals surface area contributed by atoms with E-state index in [1.54, 1.807) is 53.0 Å². The number of carboxylic acid groups (broad SMARTS) is 1. The minimum absolute atomic E-state index is 0.326. The molecule has 116 valence electrons. The Labute approximate surface area is 125 Å². The van der Waals surface area contributed by atoms with Crippen LogP contribution in [0, 0.1) is 12.3 Å². The summed E-state index contributed by atoms with van der Waals surface area (Å²) in [4.78, 5) is 23.7. The normalized spacial score (nSPS) is 11.9. The third-order valence-electron chi connectivity index (χ3n) is 4.19. The largest absolute Gasteiger partial charge is 0.496 e. The van der Waals surface area contributed by atoms with Gasteiger partial charge in [-0.15, -0.1) is 0 Å². The van der Waals surface area contributed by atoms with E-state index in [9.17, 15) is 14.7 Å². The molecule has 0 bridgehead atoms. The van der Waals surface area contributed by atoms with Gasteiger partial charge < -0.3 is 15.2 Å². The Morgan fingerprint density at radius 1 is 1.19 bits per heavy atom. The Hall–Kier alpha value is -2.04. The Morgan fingerprint density at radius 2 is 1.76 bits per heavy atom. The lowest BCUT2D eigenvalue weighted by Crippen LogP contribution is -2.56. The second-order valence-electron chi connectivity index (χ2n) is 6.19. The number of ether oxygens (including phenoxy) is 1. The van der Waals surface area contributed by atoms with Gasteiger partial charge >= 0.3 is 5.97 Å². The molecule has 5 heteroatoms. The topological polar surface area (TPSA) is 75.6 Å². The first kappa shape index (κ1) is 17.0. The summed E-state index contributed by atoms with van der Waals surface area (Å²) in [5.41, 5.74) is -0.642. The van der Waals surface area contributed by atoms with Crippen LogP contribution in [0.2, 0.25) is 0 Å². The summed E-state index contributed by atoms with van der Waals surface area (Å²) in [6.07, 6.45) is 0. The van der Waals surface area contributed by atoms with Crippen LogP contribution in [0.3, 0.4) is 0 Å². The van der Waals surface area contributed by atoms with Crippen LogP contribution in [0.1, 0.15) is 43.6 Å². The summed E-state index contributed by atoms with van der Waals surface area (Å²) in [6, 6.07) is 5.13. The number of carbonyl (C=O) groups excluding carboxylic acids is 1. The number of hydrogen-bond acceptors (Lipinski definition) is 3. The van der Waals surface area contributed by atoms with Gasteiger partial charge in [-0.25, -0.2) is 0 Å². The van der Waals surface area contributed by atoms with Crippen molar-refractivity contribution < 1.29 is 19.4 Å². The molecule has 0 unspecified atom stereocenters. The van der Waals surface area contributed by atoms with E-state index < -0.39 is 16.9 Å². The molecule has 21 heavy (non-hydrogen) atoms. The second-order valence-corrected chi connectivity index (χ2v) is 6.19. The van der Waals surface area contributed by atoms with Gasteiger partial charge in [0.15, 0.2) is 0 Å². The van der Waals surface area contributed by atoms with Crippen LogP contribution >= 0.6 is 0 Å². The van der Waals surface area contributed by atoms with Crippen molar-refractivity contribution >= 4 is 11.9 Å². The van der Waals surface area contributed by atoms with E-state index in [0.717, 1.165) is 5.56 Å². The van der Waals surface area contributed by atoms with Gasteiger partial charge in [-0.1, -0.05) is 6.07 Å².